The van der Waals surface area contributed by atoms with Gasteiger partial charge >= 0.3 is 0 Å². The summed E-state index contributed by atoms with van der Waals surface area (Å²) in [7, 11) is -5.87. The van der Waals surface area contributed by atoms with Gasteiger partial charge in [-0.2, -0.15) is 0 Å². The number of sulfone groups is 2. The summed E-state index contributed by atoms with van der Waals surface area (Å²) >= 11 is 0. The molecule has 7 heteroatoms. The highest BCUT2D eigenvalue weighted by Crippen LogP contribution is 2.29. The summed E-state index contributed by atoms with van der Waals surface area (Å²) in [5.41, 5.74) is 0. The van der Waals surface area contributed by atoms with Crippen LogP contribution in [0.25, 0.3) is 0 Å². The molecule has 0 radical (unpaired) electrons. The van der Waals surface area contributed by atoms with Gasteiger partial charge < -0.3 is 5.32 Å². The van der Waals surface area contributed by atoms with Gasteiger partial charge in [0.25, 0.3) is 0 Å². The van der Waals surface area contributed by atoms with Gasteiger partial charge in [-0.3, -0.25) is 0 Å². The predicted molar refractivity (Wildman–Crippen MR) is 75.6 cm³/mol. The second-order valence-corrected chi connectivity index (χ2v) is 10.5. The van der Waals surface area contributed by atoms with Gasteiger partial charge in [-0.1, -0.05) is 0 Å². The van der Waals surface area contributed by atoms with Crippen molar-refractivity contribution in [3.8, 4) is 0 Å². The van der Waals surface area contributed by atoms with Crippen LogP contribution in [0.5, 0.6) is 0 Å². The molecule has 2 atom stereocenters. The topological polar surface area (TPSA) is 80.3 Å². The van der Waals surface area contributed by atoms with Crippen molar-refractivity contribution in [3.05, 3.63) is 0 Å². The lowest BCUT2D eigenvalue weighted by atomic mass is 9.89. The van der Waals surface area contributed by atoms with E-state index in [2.05, 4.69) is 5.32 Å². The third-order valence-corrected chi connectivity index (χ3v) is 6.81. The number of hydrogen-bond acceptors (Lipinski definition) is 5. The fourth-order valence-corrected chi connectivity index (χ4v) is 5.32. The van der Waals surface area contributed by atoms with Crippen molar-refractivity contribution in [1.29, 1.82) is 0 Å². The van der Waals surface area contributed by atoms with E-state index in [4.69, 9.17) is 0 Å². The maximum absolute atomic E-state index is 11.6. The molecule has 2 fully saturated rings. The molecule has 1 aliphatic carbocycles. The molecule has 1 saturated carbocycles. The van der Waals surface area contributed by atoms with Gasteiger partial charge in [0.15, 0.2) is 9.84 Å². The van der Waals surface area contributed by atoms with E-state index < -0.39 is 19.7 Å². The minimum Gasteiger partial charge on any atom is -0.314 e. The van der Waals surface area contributed by atoms with E-state index in [1.54, 1.807) is 0 Å². The van der Waals surface area contributed by atoms with Crippen molar-refractivity contribution < 1.29 is 16.8 Å². The Bertz CT molecular complexity index is 508. The van der Waals surface area contributed by atoms with Crippen LogP contribution in [-0.4, -0.2) is 52.9 Å². The van der Waals surface area contributed by atoms with E-state index in [0.717, 1.165) is 6.54 Å². The monoisotopic (exact) mass is 309 g/mol. The molecule has 2 aliphatic rings. The Kier molecular flexibility index (Phi) is 4.57. The Morgan fingerprint density at radius 3 is 2.42 bits per heavy atom. The predicted octanol–water partition coefficient (Wildman–Crippen LogP) is 0.224. The molecule has 0 aromatic carbocycles. The summed E-state index contributed by atoms with van der Waals surface area (Å²) in [4.78, 5) is 0. The average molecular weight is 309 g/mol. The van der Waals surface area contributed by atoms with Crippen LogP contribution in [-0.2, 0) is 19.7 Å². The molecule has 0 amide bonds. The minimum absolute atomic E-state index is 0.123. The van der Waals surface area contributed by atoms with E-state index in [1.807, 2.05) is 0 Å². The summed E-state index contributed by atoms with van der Waals surface area (Å²) < 4.78 is 45.7. The molecular weight excluding hydrogens is 286 g/mol. The van der Waals surface area contributed by atoms with E-state index in [-0.39, 0.29) is 29.1 Å². The van der Waals surface area contributed by atoms with Crippen LogP contribution in [0.3, 0.4) is 0 Å². The van der Waals surface area contributed by atoms with Crippen LogP contribution in [0, 0.1) is 11.8 Å². The highest BCUT2D eigenvalue weighted by molar-refractivity contribution is 7.91. The van der Waals surface area contributed by atoms with E-state index in [9.17, 15) is 16.8 Å². The third kappa shape index (κ3) is 5.39. The summed E-state index contributed by atoms with van der Waals surface area (Å²) in [6.45, 7) is 0.750. The Balaban J connectivity index is 1.92. The molecule has 0 bridgehead atoms. The Morgan fingerprint density at radius 1 is 1.26 bits per heavy atom. The first-order chi connectivity index (χ1) is 8.75. The summed E-state index contributed by atoms with van der Waals surface area (Å²) in [5, 5.41) is 3.41. The average Bonchev–Trinajstić information content (AvgIpc) is 3.01. The minimum atomic E-state index is -2.98. The molecular formula is C12H23NO4S2. The van der Waals surface area contributed by atoms with Gasteiger partial charge in [-0.25, -0.2) is 16.8 Å². The van der Waals surface area contributed by atoms with Crippen molar-refractivity contribution in [1.82, 2.24) is 5.32 Å². The van der Waals surface area contributed by atoms with Crippen molar-refractivity contribution in [2.24, 2.45) is 11.8 Å². The summed E-state index contributed by atoms with van der Waals surface area (Å²) in [6.07, 6.45) is 4.86. The highest BCUT2D eigenvalue weighted by Gasteiger charge is 2.34. The smallest absolute Gasteiger partial charge is 0.150 e. The Hall–Kier alpha value is -0.140. The zero-order valence-corrected chi connectivity index (χ0v) is 13.0. The van der Waals surface area contributed by atoms with Crippen LogP contribution in [0.4, 0.5) is 0 Å². The number of rotatable bonds is 7. The van der Waals surface area contributed by atoms with Gasteiger partial charge in [0.2, 0.25) is 0 Å². The van der Waals surface area contributed by atoms with Crippen molar-refractivity contribution in [3.63, 3.8) is 0 Å². The van der Waals surface area contributed by atoms with Gasteiger partial charge in [0.05, 0.1) is 17.3 Å². The first-order valence-corrected chi connectivity index (χ1v) is 10.7. The normalized spacial score (nSPS) is 28.4. The molecule has 2 rings (SSSR count). The molecule has 1 saturated heterocycles. The quantitative estimate of drug-likeness (QED) is 0.728. The first kappa shape index (κ1) is 15.3. The molecule has 19 heavy (non-hydrogen) atoms. The lowest BCUT2D eigenvalue weighted by molar-refractivity contribution is 0.335. The molecule has 5 nitrogen and oxygen atoms in total. The lowest BCUT2D eigenvalue weighted by Gasteiger charge is -2.22. The van der Waals surface area contributed by atoms with Crippen molar-refractivity contribution in [2.45, 2.75) is 31.7 Å². The molecule has 1 heterocycles. The largest absolute Gasteiger partial charge is 0.314 e. The molecule has 1 N–H and O–H groups in total. The molecule has 0 aromatic rings. The standard InChI is InChI=1S/C12H23NO4S2/c1-18(14,15)6-4-10(8-13-12-2-3-12)11-5-7-19(16,17)9-11/h10-13H,2-9H2,1H3. The van der Waals surface area contributed by atoms with Gasteiger partial charge in [0, 0.05) is 12.3 Å². The van der Waals surface area contributed by atoms with Crippen LogP contribution in [0.2, 0.25) is 0 Å². The van der Waals surface area contributed by atoms with Crippen molar-refractivity contribution in [2.75, 3.05) is 30.1 Å². The summed E-state index contributed by atoms with van der Waals surface area (Å²) in [6, 6.07) is 0.568. The Morgan fingerprint density at radius 2 is 1.95 bits per heavy atom. The number of hydrogen-bond donors (Lipinski definition) is 1. The fraction of sp³-hybridized carbons (Fsp3) is 1.00. The van der Waals surface area contributed by atoms with Crippen LogP contribution >= 0.6 is 0 Å². The SMILES string of the molecule is CS(=O)(=O)CCC(CNC1CC1)C1CCS(=O)(=O)C1. The molecule has 1 aliphatic heterocycles. The van der Waals surface area contributed by atoms with Crippen LogP contribution in [0.1, 0.15) is 25.7 Å². The van der Waals surface area contributed by atoms with Gasteiger partial charge in [-0.05, 0) is 44.1 Å². The fourth-order valence-electron chi connectivity index (χ4n) is 2.67. The molecule has 0 spiro atoms. The maximum atomic E-state index is 11.6. The second-order valence-electron chi connectivity index (χ2n) is 6.02. The third-order valence-electron chi connectivity index (χ3n) is 4.04. The number of nitrogens with one attached hydrogen (secondary N) is 1. The zero-order chi connectivity index (χ0) is 14.1. The zero-order valence-electron chi connectivity index (χ0n) is 11.3. The molecule has 112 valence electrons. The van der Waals surface area contributed by atoms with Crippen LogP contribution < -0.4 is 5.32 Å². The second kappa shape index (κ2) is 5.69. The van der Waals surface area contributed by atoms with Crippen molar-refractivity contribution >= 4 is 19.7 Å². The lowest BCUT2D eigenvalue weighted by Crippen LogP contribution is -2.31. The van der Waals surface area contributed by atoms with Crippen LogP contribution in [0.15, 0.2) is 0 Å². The Labute approximate surface area is 116 Å². The van der Waals surface area contributed by atoms with Gasteiger partial charge in [-0.15, -0.1) is 0 Å². The first-order valence-electron chi connectivity index (χ1n) is 6.87. The van der Waals surface area contributed by atoms with E-state index >= 15 is 0 Å². The highest BCUT2D eigenvalue weighted by atomic mass is 32.2. The summed E-state index contributed by atoms with van der Waals surface area (Å²) in [5.74, 6) is 0.927. The van der Waals surface area contributed by atoms with Gasteiger partial charge in [0.1, 0.15) is 9.84 Å². The molecule has 0 aromatic heterocycles. The van der Waals surface area contributed by atoms with E-state index in [0.29, 0.717) is 18.9 Å². The maximum Gasteiger partial charge on any atom is 0.150 e. The van der Waals surface area contributed by atoms with E-state index in [1.165, 1.54) is 19.1 Å². The molecule has 2 unspecified atom stereocenters.